The fourth-order valence-corrected chi connectivity index (χ4v) is 4.20. The summed E-state index contributed by atoms with van der Waals surface area (Å²) in [5, 5.41) is 13.2. The molecule has 150 valence electrons. The SMILES string of the molecule is COc1c2c(cc3c1[C@H](c1nnnn1-c1ccc(C)c(Cl)c1)N(C)CC3)OCO2. The van der Waals surface area contributed by atoms with Crippen LogP contribution < -0.4 is 14.2 Å². The molecule has 0 amide bonds. The van der Waals surface area contributed by atoms with E-state index in [2.05, 4.69) is 27.5 Å². The molecular formula is C20H20ClN5O3. The van der Waals surface area contributed by atoms with E-state index in [1.807, 2.05) is 31.2 Å². The number of halogens is 1. The highest BCUT2D eigenvalue weighted by Gasteiger charge is 2.37. The molecule has 3 heterocycles. The Kier molecular flexibility index (Phi) is 4.33. The summed E-state index contributed by atoms with van der Waals surface area (Å²) in [6.45, 7) is 3.00. The van der Waals surface area contributed by atoms with Crippen LogP contribution in [0.1, 0.15) is 28.6 Å². The van der Waals surface area contributed by atoms with Gasteiger partial charge in [0.25, 0.3) is 0 Å². The average Bonchev–Trinajstić information content (AvgIpc) is 3.38. The van der Waals surface area contributed by atoms with Crippen LogP contribution in [-0.4, -0.2) is 52.6 Å². The lowest BCUT2D eigenvalue weighted by molar-refractivity contribution is 0.170. The van der Waals surface area contributed by atoms with Gasteiger partial charge in [0, 0.05) is 17.1 Å². The standard InChI is InChI=1S/C20H20ClN5O3/c1-11-4-5-13(9-14(11)21)26-20(22-23-24-26)17-16-12(6-7-25(17)2)8-15-18(19(16)27-3)29-10-28-15/h4-5,8-9,17H,6-7,10H2,1-3H3/t17-/m1/s1. The Hall–Kier alpha value is -2.84. The van der Waals surface area contributed by atoms with Crippen molar-refractivity contribution in [2.45, 2.75) is 19.4 Å². The van der Waals surface area contributed by atoms with Crippen molar-refractivity contribution in [3.05, 3.63) is 51.8 Å². The Labute approximate surface area is 172 Å². The lowest BCUT2D eigenvalue weighted by Gasteiger charge is -2.34. The van der Waals surface area contributed by atoms with E-state index < -0.39 is 0 Å². The first-order chi connectivity index (χ1) is 14.1. The first kappa shape index (κ1) is 18.2. The van der Waals surface area contributed by atoms with Gasteiger partial charge in [0.2, 0.25) is 12.5 Å². The van der Waals surface area contributed by atoms with E-state index in [1.54, 1.807) is 11.8 Å². The molecule has 29 heavy (non-hydrogen) atoms. The second kappa shape index (κ2) is 6.89. The summed E-state index contributed by atoms with van der Waals surface area (Å²) in [6.07, 6.45) is 0.868. The number of ether oxygens (including phenoxy) is 3. The molecule has 0 radical (unpaired) electrons. The van der Waals surface area contributed by atoms with Crippen LogP contribution in [0, 0.1) is 6.92 Å². The molecule has 9 heteroatoms. The number of aromatic nitrogens is 4. The first-order valence-electron chi connectivity index (χ1n) is 9.33. The van der Waals surface area contributed by atoms with Crippen molar-refractivity contribution in [3.8, 4) is 22.9 Å². The van der Waals surface area contributed by atoms with Gasteiger partial charge in [0.05, 0.1) is 12.8 Å². The van der Waals surface area contributed by atoms with Gasteiger partial charge in [0.1, 0.15) is 6.04 Å². The van der Waals surface area contributed by atoms with Crippen LogP contribution in [0.4, 0.5) is 0 Å². The summed E-state index contributed by atoms with van der Waals surface area (Å²) in [6, 6.07) is 7.62. The highest BCUT2D eigenvalue weighted by molar-refractivity contribution is 6.31. The van der Waals surface area contributed by atoms with Crippen molar-refractivity contribution in [3.63, 3.8) is 0 Å². The third-order valence-corrected chi connectivity index (χ3v) is 5.94. The first-order valence-corrected chi connectivity index (χ1v) is 9.70. The Morgan fingerprint density at radius 2 is 2.10 bits per heavy atom. The zero-order valence-corrected chi connectivity index (χ0v) is 17.1. The Bertz CT molecular complexity index is 1100. The number of fused-ring (bicyclic) bond motifs is 2. The zero-order chi connectivity index (χ0) is 20.1. The second-order valence-electron chi connectivity index (χ2n) is 7.23. The summed E-state index contributed by atoms with van der Waals surface area (Å²) < 4.78 is 18.8. The molecule has 0 saturated heterocycles. The summed E-state index contributed by atoms with van der Waals surface area (Å²) in [7, 11) is 3.70. The zero-order valence-electron chi connectivity index (χ0n) is 16.3. The maximum absolute atomic E-state index is 6.35. The van der Waals surface area contributed by atoms with Crippen LogP contribution in [-0.2, 0) is 6.42 Å². The maximum Gasteiger partial charge on any atom is 0.231 e. The molecule has 0 saturated carbocycles. The molecule has 3 aromatic rings. The second-order valence-corrected chi connectivity index (χ2v) is 7.64. The lowest BCUT2D eigenvalue weighted by atomic mass is 9.90. The topological polar surface area (TPSA) is 74.5 Å². The molecular weight excluding hydrogens is 394 g/mol. The molecule has 1 atom stereocenters. The number of hydrogen-bond acceptors (Lipinski definition) is 7. The Morgan fingerprint density at radius 1 is 1.24 bits per heavy atom. The molecule has 2 aliphatic heterocycles. The summed E-state index contributed by atoms with van der Waals surface area (Å²) in [5.74, 6) is 2.70. The van der Waals surface area contributed by atoms with Crippen LogP contribution >= 0.6 is 11.6 Å². The Balaban J connectivity index is 1.69. The van der Waals surface area contributed by atoms with E-state index in [0.717, 1.165) is 35.3 Å². The van der Waals surface area contributed by atoms with Crippen molar-refractivity contribution in [2.75, 3.05) is 27.5 Å². The highest BCUT2D eigenvalue weighted by atomic mass is 35.5. The largest absolute Gasteiger partial charge is 0.492 e. The van der Waals surface area contributed by atoms with Gasteiger partial charge in [-0.3, -0.25) is 4.90 Å². The van der Waals surface area contributed by atoms with Gasteiger partial charge >= 0.3 is 0 Å². The fraction of sp³-hybridized carbons (Fsp3) is 0.350. The average molecular weight is 414 g/mol. The van der Waals surface area contributed by atoms with Crippen LogP contribution in [0.15, 0.2) is 24.3 Å². The predicted octanol–water partition coefficient (Wildman–Crippen LogP) is 2.94. The minimum Gasteiger partial charge on any atom is -0.492 e. The molecule has 0 N–H and O–H groups in total. The van der Waals surface area contributed by atoms with Gasteiger partial charge in [-0.25, -0.2) is 0 Å². The number of methoxy groups -OCH3 is 1. The molecule has 8 nitrogen and oxygen atoms in total. The quantitative estimate of drug-likeness (QED) is 0.653. The van der Waals surface area contributed by atoms with Crippen molar-refractivity contribution >= 4 is 11.6 Å². The fourth-order valence-electron chi connectivity index (χ4n) is 4.02. The van der Waals surface area contributed by atoms with Crippen LogP contribution in [0.5, 0.6) is 17.2 Å². The molecule has 0 fully saturated rings. The molecule has 2 aromatic carbocycles. The molecule has 2 aliphatic rings. The number of hydrogen-bond donors (Lipinski definition) is 0. The van der Waals surface area contributed by atoms with Crippen molar-refractivity contribution in [1.82, 2.24) is 25.1 Å². The van der Waals surface area contributed by atoms with E-state index in [0.29, 0.717) is 28.1 Å². The smallest absolute Gasteiger partial charge is 0.231 e. The summed E-state index contributed by atoms with van der Waals surface area (Å²) in [5.41, 5.74) is 3.95. The summed E-state index contributed by atoms with van der Waals surface area (Å²) in [4.78, 5) is 2.21. The molecule has 0 bridgehead atoms. The predicted molar refractivity (Wildman–Crippen MR) is 106 cm³/mol. The van der Waals surface area contributed by atoms with E-state index >= 15 is 0 Å². The van der Waals surface area contributed by atoms with Crippen LogP contribution in [0.2, 0.25) is 5.02 Å². The van der Waals surface area contributed by atoms with Gasteiger partial charge in [0.15, 0.2) is 17.3 Å². The van der Waals surface area contributed by atoms with E-state index in [1.165, 1.54) is 0 Å². The monoisotopic (exact) mass is 413 g/mol. The summed E-state index contributed by atoms with van der Waals surface area (Å²) >= 11 is 6.35. The third kappa shape index (κ3) is 2.82. The number of likely N-dealkylation sites (N-methyl/N-ethyl adjacent to an activating group) is 1. The number of rotatable bonds is 3. The van der Waals surface area contributed by atoms with E-state index in [9.17, 15) is 0 Å². The molecule has 0 aliphatic carbocycles. The number of tetrazole rings is 1. The molecule has 0 spiro atoms. The molecule has 0 unspecified atom stereocenters. The number of aryl methyl sites for hydroxylation is 1. The van der Waals surface area contributed by atoms with Crippen LogP contribution in [0.3, 0.4) is 0 Å². The van der Waals surface area contributed by atoms with Gasteiger partial charge in [-0.2, -0.15) is 4.68 Å². The Morgan fingerprint density at radius 3 is 2.90 bits per heavy atom. The molecule has 1 aromatic heterocycles. The third-order valence-electron chi connectivity index (χ3n) is 5.53. The number of nitrogens with zero attached hydrogens (tertiary/aromatic N) is 5. The molecule has 5 rings (SSSR count). The van der Waals surface area contributed by atoms with Crippen molar-refractivity contribution in [2.24, 2.45) is 0 Å². The lowest BCUT2D eigenvalue weighted by Crippen LogP contribution is -2.35. The minimum atomic E-state index is -0.210. The minimum absolute atomic E-state index is 0.189. The number of benzene rings is 2. The van der Waals surface area contributed by atoms with Crippen LogP contribution in [0.25, 0.3) is 5.69 Å². The van der Waals surface area contributed by atoms with Gasteiger partial charge < -0.3 is 14.2 Å². The normalized spacial score (nSPS) is 18.0. The van der Waals surface area contributed by atoms with Gasteiger partial charge in [-0.05, 0) is 60.1 Å². The van der Waals surface area contributed by atoms with Crippen molar-refractivity contribution in [1.29, 1.82) is 0 Å². The van der Waals surface area contributed by atoms with Gasteiger partial charge in [-0.1, -0.05) is 17.7 Å². The van der Waals surface area contributed by atoms with E-state index in [4.69, 9.17) is 25.8 Å². The van der Waals surface area contributed by atoms with Gasteiger partial charge in [-0.15, -0.1) is 5.10 Å². The van der Waals surface area contributed by atoms with Crippen molar-refractivity contribution < 1.29 is 14.2 Å². The maximum atomic E-state index is 6.35. The van der Waals surface area contributed by atoms with E-state index in [-0.39, 0.29) is 12.8 Å². The highest BCUT2D eigenvalue weighted by Crippen LogP contribution is 2.50.